The summed E-state index contributed by atoms with van der Waals surface area (Å²) in [5.74, 6) is 0.0863. The Morgan fingerprint density at radius 3 is 3.00 bits per heavy atom. The van der Waals surface area contributed by atoms with Gasteiger partial charge < -0.3 is 5.11 Å². The molecule has 0 saturated heterocycles. The van der Waals surface area contributed by atoms with Crippen LogP contribution in [0, 0.1) is 0 Å². The monoisotopic (exact) mass is 196 g/mol. The second kappa shape index (κ2) is 2.74. The van der Waals surface area contributed by atoms with E-state index in [4.69, 9.17) is 16.7 Å². The second-order valence-corrected chi connectivity index (χ2v) is 2.94. The van der Waals surface area contributed by atoms with Crippen molar-refractivity contribution >= 4 is 22.5 Å². The van der Waals surface area contributed by atoms with E-state index in [0.717, 1.165) is 0 Å². The van der Waals surface area contributed by atoms with Gasteiger partial charge in [0.1, 0.15) is 10.9 Å². The molecule has 0 fully saturated rings. The average Bonchev–Trinajstić information content (AvgIpc) is 2.06. The highest BCUT2D eigenvalue weighted by atomic mass is 35.5. The summed E-state index contributed by atoms with van der Waals surface area (Å²) >= 11 is 5.73. The third kappa shape index (κ3) is 1.36. The largest absolute Gasteiger partial charge is 0.508 e. The molecule has 0 bridgehead atoms. The van der Waals surface area contributed by atoms with E-state index in [9.17, 15) is 4.79 Å². The van der Waals surface area contributed by atoms with Crippen LogP contribution >= 0.6 is 11.6 Å². The zero-order valence-electron chi connectivity index (χ0n) is 6.41. The SMILES string of the molecule is O=c1nc2ccc(O)cc2c(Cl)[nH]1. The molecule has 1 heterocycles. The van der Waals surface area contributed by atoms with E-state index >= 15 is 0 Å². The Hall–Kier alpha value is -1.55. The maximum Gasteiger partial charge on any atom is 0.346 e. The first kappa shape index (κ1) is 8.07. The number of H-pyrrole nitrogens is 1. The fourth-order valence-corrected chi connectivity index (χ4v) is 1.33. The maximum atomic E-state index is 10.9. The Morgan fingerprint density at radius 1 is 1.46 bits per heavy atom. The molecular formula is C8H5ClN2O2. The molecule has 0 radical (unpaired) electrons. The van der Waals surface area contributed by atoms with Gasteiger partial charge in [-0.15, -0.1) is 0 Å². The van der Waals surface area contributed by atoms with E-state index in [1.54, 1.807) is 0 Å². The lowest BCUT2D eigenvalue weighted by Crippen LogP contribution is -2.09. The van der Waals surface area contributed by atoms with Crippen LogP contribution in [0.1, 0.15) is 0 Å². The second-order valence-electron chi connectivity index (χ2n) is 2.56. The minimum absolute atomic E-state index is 0.0863. The van der Waals surface area contributed by atoms with Gasteiger partial charge in [-0.2, -0.15) is 4.98 Å². The summed E-state index contributed by atoms with van der Waals surface area (Å²) in [7, 11) is 0. The summed E-state index contributed by atoms with van der Waals surface area (Å²) in [6, 6.07) is 4.43. The summed E-state index contributed by atoms with van der Waals surface area (Å²) in [6.07, 6.45) is 0. The van der Waals surface area contributed by atoms with Gasteiger partial charge in [-0.1, -0.05) is 11.6 Å². The third-order valence-corrected chi connectivity index (χ3v) is 1.95. The summed E-state index contributed by atoms with van der Waals surface area (Å²) in [5, 5.41) is 9.86. The number of aromatic hydroxyl groups is 1. The lowest BCUT2D eigenvalue weighted by Gasteiger charge is -1.98. The lowest BCUT2D eigenvalue weighted by molar-refractivity contribution is 0.476. The zero-order chi connectivity index (χ0) is 9.42. The van der Waals surface area contributed by atoms with Crippen molar-refractivity contribution in [1.82, 2.24) is 9.97 Å². The fourth-order valence-electron chi connectivity index (χ4n) is 1.10. The molecule has 2 rings (SSSR count). The zero-order valence-corrected chi connectivity index (χ0v) is 7.17. The number of phenols is 1. The molecule has 13 heavy (non-hydrogen) atoms. The van der Waals surface area contributed by atoms with Crippen molar-refractivity contribution in [2.45, 2.75) is 0 Å². The molecule has 1 aromatic heterocycles. The van der Waals surface area contributed by atoms with Crippen LogP contribution in [0.5, 0.6) is 5.75 Å². The number of aromatic amines is 1. The van der Waals surface area contributed by atoms with Crippen LogP contribution in [0.2, 0.25) is 5.15 Å². The van der Waals surface area contributed by atoms with Crippen molar-refractivity contribution in [3.05, 3.63) is 33.8 Å². The molecule has 2 aromatic rings. The Bertz CT molecular complexity index is 521. The van der Waals surface area contributed by atoms with Gasteiger partial charge in [-0.3, -0.25) is 4.98 Å². The van der Waals surface area contributed by atoms with Gasteiger partial charge in [-0.05, 0) is 18.2 Å². The Morgan fingerprint density at radius 2 is 2.23 bits per heavy atom. The Balaban J connectivity index is 2.95. The van der Waals surface area contributed by atoms with Gasteiger partial charge >= 0.3 is 5.69 Å². The van der Waals surface area contributed by atoms with Crippen molar-refractivity contribution in [3.8, 4) is 5.75 Å². The van der Waals surface area contributed by atoms with Crippen LogP contribution in [-0.4, -0.2) is 15.1 Å². The van der Waals surface area contributed by atoms with Crippen molar-refractivity contribution in [2.75, 3.05) is 0 Å². The van der Waals surface area contributed by atoms with E-state index in [-0.39, 0.29) is 10.9 Å². The van der Waals surface area contributed by atoms with E-state index in [2.05, 4.69) is 9.97 Å². The molecule has 0 aliphatic carbocycles. The normalized spacial score (nSPS) is 10.5. The number of aromatic nitrogens is 2. The molecule has 0 saturated carbocycles. The number of phenolic OH excluding ortho intramolecular Hbond substituents is 1. The molecule has 0 unspecified atom stereocenters. The number of nitrogens with zero attached hydrogens (tertiary/aromatic N) is 1. The minimum Gasteiger partial charge on any atom is -0.508 e. The summed E-state index contributed by atoms with van der Waals surface area (Å²) in [4.78, 5) is 16.9. The smallest absolute Gasteiger partial charge is 0.346 e. The number of halogens is 1. The van der Waals surface area contributed by atoms with E-state index in [0.29, 0.717) is 10.9 Å². The highest BCUT2D eigenvalue weighted by Crippen LogP contribution is 2.21. The van der Waals surface area contributed by atoms with Gasteiger partial charge in [0.15, 0.2) is 0 Å². The summed E-state index contributed by atoms with van der Waals surface area (Å²) in [5.41, 5.74) is -0.0326. The highest BCUT2D eigenvalue weighted by molar-refractivity contribution is 6.34. The standard InChI is InChI=1S/C8H5ClN2O2/c9-7-5-3-4(12)1-2-6(5)10-8(13)11-7/h1-3,12H,(H,10,11,13). The first-order valence-electron chi connectivity index (χ1n) is 3.55. The quantitative estimate of drug-likeness (QED) is 0.624. The summed E-state index contributed by atoms with van der Waals surface area (Å²) < 4.78 is 0. The molecule has 0 spiro atoms. The first-order chi connectivity index (χ1) is 6.16. The Labute approximate surface area is 77.8 Å². The van der Waals surface area contributed by atoms with Crippen LogP contribution in [0.15, 0.2) is 23.0 Å². The molecule has 5 heteroatoms. The lowest BCUT2D eigenvalue weighted by atomic mass is 10.2. The van der Waals surface area contributed by atoms with Gasteiger partial charge in [-0.25, -0.2) is 4.79 Å². The van der Waals surface area contributed by atoms with Crippen molar-refractivity contribution < 1.29 is 5.11 Å². The average molecular weight is 197 g/mol. The van der Waals surface area contributed by atoms with Crippen LogP contribution in [-0.2, 0) is 0 Å². The van der Waals surface area contributed by atoms with Crippen LogP contribution in [0.4, 0.5) is 0 Å². The Kier molecular flexibility index (Phi) is 1.70. The number of benzene rings is 1. The number of hydrogen-bond acceptors (Lipinski definition) is 3. The molecule has 0 aliphatic rings. The molecule has 0 atom stereocenters. The van der Waals surface area contributed by atoms with Gasteiger partial charge in [0, 0.05) is 5.39 Å². The highest BCUT2D eigenvalue weighted by Gasteiger charge is 2.02. The maximum absolute atomic E-state index is 10.9. The van der Waals surface area contributed by atoms with Gasteiger partial charge in [0.25, 0.3) is 0 Å². The number of fused-ring (bicyclic) bond motifs is 1. The molecule has 66 valence electrons. The molecule has 0 amide bonds. The predicted octanol–water partition coefficient (Wildman–Crippen LogP) is 1.28. The fraction of sp³-hybridized carbons (Fsp3) is 0. The van der Waals surface area contributed by atoms with Crippen LogP contribution in [0.25, 0.3) is 10.9 Å². The molecule has 4 nitrogen and oxygen atoms in total. The van der Waals surface area contributed by atoms with E-state index in [1.807, 2.05) is 0 Å². The van der Waals surface area contributed by atoms with Crippen molar-refractivity contribution in [1.29, 1.82) is 0 Å². The predicted molar refractivity (Wildman–Crippen MR) is 49.0 cm³/mol. The van der Waals surface area contributed by atoms with Crippen molar-refractivity contribution in [3.63, 3.8) is 0 Å². The molecule has 1 aromatic carbocycles. The molecular weight excluding hydrogens is 192 g/mol. The van der Waals surface area contributed by atoms with E-state index < -0.39 is 5.69 Å². The van der Waals surface area contributed by atoms with Gasteiger partial charge in [0.2, 0.25) is 0 Å². The van der Waals surface area contributed by atoms with Crippen LogP contribution < -0.4 is 5.69 Å². The molecule has 2 N–H and O–H groups in total. The number of rotatable bonds is 0. The number of hydrogen-bond donors (Lipinski definition) is 2. The number of nitrogens with one attached hydrogen (secondary N) is 1. The summed E-state index contributed by atoms with van der Waals surface area (Å²) in [6.45, 7) is 0. The minimum atomic E-state index is -0.497. The first-order valence-corrected chi connectivity index (χ1v) is 3.93. The van der Waals surface area contributed by atoms with Gasteiger partial charge in [0.05, 0.1) is 5.52 Å². The molecule has 0 aliphatic heterocycles. The topological polar surface area (TPSA) is 66.0 Å². The van der Waals surface area contributed by atoms with Crippen molar-refractivity contribution in [2.24, 2.45) is 0 Å². The third-order valence-electron chi connectivity index (χ3n) is 1.66. The van der Waals surface area contributed by atoms with E-state index in [1.165, 1.54) is 18.2 Å². The van der Waals surface area contributed by atoms with Crippen LogP contribution in [0.3, 0.4) is 0 Å².